The maximum absolute atomic E-state index is 13.0. The van der Waals surface area contributed by atoms with Gasteiger partial charge in [-0.3, -0.25) is 9.59 Å². The summed E-state index contributed by atoms with van der Waals surface area (Å²) in [6.45, 7) is 0. The van der Waals surface area contributed by atoms with Crippen LogP contribution < -0.4 is 4.74 Å². The van der Waals surface area contributed by atoms with E-state index in [2.05, 4.69) is 0 Å². The molecule has 0 atom stereocenters. The van der Waals surface area contributed by atoms with E-state index in [1.807, 2.05) is 12.1 Å². The molecule has 27 heavy (non-hydrogen) atoms. The molecule has 5 aliphatic carbocycles. The van der Waals surface area contributed by atoms with E-state index in [1.165, 1.54) is 38.0 Å². The average molecular weight is 365 g/mol. The third kappa shape index (κ3) is 3.30. The highest BCUT2D eigenvalue weighted by Crippen LogP contribution is 2.60. The van der Waals surface area contributed by atoms with E-state index in [0.717, 1.165) is 55.4 Å². The number of Topliss-reactive ketones (excluding diaryl/α,β-unsaturated/α-hetero) is 1. The Morgan fingerprint density at radius 3 is 2.04 bits per heavy atom. The van der Waals surface area contributed by atoms with Gasteiger partial charge >= 0.3 is 5.97 Å². The fraction of sp³-hybridized carbons (Fsp3) is 0.625. The number of hydrogen-bond donors (Lipinski definition) is 0. The molecule has 0 saturated heterocycles. The van der Waals surface area contributed by atoms with Crippen molar-refractivity contribution in [1.82, 2.24) is 0 Å². The number of rotatable bonds is 5. The van der Waals surface area contributed by atoms with E-state index >= 15 is 0 Å². The standard InChI is InChI=1S/C24H29O3/c25-22(12-16-3-1-2-4-16)20-5-7-21(8-6-20)27-23(26)24-13-17-9-18(14-24)11-19(10-17)15-24/h5-8,17-19H,1-4,9-15H2/q+1. The van der Waals surface area contributed by atoms with Crippen LogP contribution >= 0.6 is 0 Å². The van der Waals surface area contributed by atoms with Crippen LogP contribution in [0.1, 0.15) is 81.0 Å². The Bertz CT molecular complexity index is 691. The van der Waals surface area contributed by atoms with Crippen LogP contribution in [0, 0.1) is 29.1 Å². The Hall–Kier alpha value is -1.77. The van der Waals surface area contributed by atoms with Crippen molar-refractivity contribution in [3.63, 3.8) is 0 Å². The van der Waals surface area contributed by atoms with Crippen molar-refractivity contribution in [2.24, 2.45) is 23.2 Å². The monoisotopic (exact) mass is 365 g/mol. The van der Waals surface area contributed by atoms with Gasteiger partial charge < -0.3 is 4.74 Å². The van der Waals surface area contributed by atoms with Crippen LogP contribution in [0.15, 0.2) is 24.3 Å². The lowest BCUT2D eigenvalue weighted by atomic mass is 9.49. The van der Waals surface area contributed by atoms with Crippen LogP contribution in [0.2, 0.25) is 0 Å². The van der Waals surface area contributed by atoms with Gasteiger partial charge in [-0.1, -0.05) is 0 Å². The summed E-state index contributed by atoms with van der Waals surface area (Å²) in [5.74, 6) is 4.33. The summed E-state index contributed by atoms with van der Waals surface area (Å²) in [5, 5.41) is 0. The highest BCUT2D eigenvalue weighted by atomic mass is 16.5. The molecule has 0 spiro atoms. The van der Waals surface area contributed by atoms with Gasteiger partial charge in [-0.05, 0) is 93.4 Å². The zero-order chi connectivity index (χ0) is 18.4. The van der Waals surface area contributed by atoms with Crippen molar-refractivity contribution < 1.29 is 14.3 Å². The lowest BCUT2D eigenvalue weighted by molar-refractivity contribution is -0.161. The maximum Gasteiger partial charge on any atom is 0.317 e. The Kier molecular flexibility index (Phi) is 4.29. The summed E-state index contributed by atoms with van der Waals surface area (Å²) in [4.78, 5) is 25.5. The molecule has 0 N–H and O–H groups in total. The Morgan fingerprint density at radius 1 is 0.926 bits per heavy atom. The van der Waals surface area contributed by atoms with Gasteiger partial charge in [-0.15, -0.1) is 0 Å². The van der Waals surface area contributed by atoms with Crippen LogP contribution in [0.4, 0.5) is 0 Å². The van der Waals surface area contributed by atoms with Gasteiger partial charge in [-0.25, -0.2) is 0 Å². The Labute approximate surface area is 161 Å². The lowest BCUT2D eigenvalue weighted by Gasteiger charge is -2.55. The van der Waals surface area contributed by atoms with E-state index < -0.39 is 0 Å². The normalized spacial score (nSPS) is 34.1. The minimum atomic E-state index is -0.234. The van der Waals surface area contributed by atoms with E-state index in [4.69, 9.17) is 4.74 Å². The summed E-state index contributed by atoms with van der Waals surface area (Å²) < 4.78 is 5.81. The van der Waals surface area contributed by atoms with Crippen molar-refractivity contribution in [3.05, 3.63) is 35.7 Å². The molecule has 5 saturated carbocycles. The van der Waals surface area contributed by atoms with Gasteiger partial charge in [0.2, 0.25) is 5.78 Å². The first kappa shape index (κ1) is 17.3. The number of carbonyl (C=O) groups is 2. The number of carbonyl (C=O) groups excluding carboxylic acids is 2. The number of ether oxygens (including phenoxy) is 1. The smallest absolute Gasteiger partial charge is 0.317 e. The van der Waals surface area contributed by atoms with E-state index in [-0.39, 0.29) is 17.2 Å². The zero-order valence-corrected chi connectivity index (χ0v) is 16.0. The largest absolute Gasteiger partial charge is 0.426 e. The first-order chi connectivity index (χ1) is 13.1. The maximum atomic E-state index is 13.0. The highest BCUT2D eigenvalue weighted by Gasteiger charge is 2.55. The predicted octanol–water partition coefficient (Wildman–Crippen LogP) is 5.53. The minimum absolute atomic E-state index is 0.0258. The van der Waals surface area contributed by atoms with Gasteiger partial charge in [0.05, 0.1) is 24.2 Å². The fourth-order valence-corrected chi connectivity index (χ4v) is 6.67. The van der Waals surface area contributed by atoms with Crippen molar-refractivity contribution in [2.75, 3.05) is 0 Å². The topological polar surface area (TPSA) is 43.4 Å². The quantitative estimate of drug-likeness (QED) is 0.298. The van der Waals surface area contributed by atoms with Crippen molar-refractivity contribution in [2.45, 2.75) is 70.6 Å². The SMILES string of the molecule is O=C(C[C+]1CCCC1)c1ccc(OC(=O)C23CC4CC(CC(C4)C2)C3)cc1. The molecule has 142 valence electrons. The number of esters is 1. The summed E-state index contributed by atoms with van der Waals surface area (Å²) in [7, 11) is 0. The molecular weight excluding hydrogens is 336 g/mol. The number of benzene rings is 1. The molecule has 1 aromatic rings. The predicted molar refractivity (Wildman–Crippen MR) is 103 cm³/mol. The minimum Gasteiger partial charge on any atom is -0.426 e. The average Bonchev–Trinajstić information content (AvgIpc) is 3.14. The van der Waals surface area contributed by atoms with Crippen molar-refractivity contribution in [3.8, 4) is 5.75 Å². The Morgan fingerprint density at radius 2 is 1.48 bits per heavy atom. The number of hydrogen-bond acceptors (Lipinski definition) is 3. The van der Waals surface area contributed by atoms with Crippen molar-refractivity contribution in [1.29, 1.82) is 0 Å². The van der Waals surface area contributed by atoms with Gasteiger partial charge in [0.15, 0.2) is 6.42 Å². The molecule has 0 aliphatic heterocycles. The summed E-state index contributed by atoms with van der Waals surface area (Å²) in [6.07, 6.45) is 12.3. The molecule has 0 radical (unpaired) electrons. The lowest BCUT2D eigenvalue weighted by Crippen LogP contribution is -2.51. The molecule has 6 rings (SSSR count). The van der Waals surface area contributed by atoms with Crippen LogP contribution in [0.25, 0.3) is 0 Å². The summed E-state index contributed by atoms with van der Waals surface area (Å²) in [6, 6.07) is 7.23. The molecule has 4 bridgehead atoms. The summed E-state index contributed by atoms with van der Waals surface area (Å²) in [5.41, 5.74) is 0.492. The molecule has 5 fully saturated rings. The molecule has 0 aromatic heterocycles. The second-order valence-electron chi connectivity index (χ2n) is 9.67. The van der Waals surface area contributed by atoms with Crippen molar-refractivity contribution >= 4 is 11.8 Å². The molecule has 1 aromatic carbocycles. The van der Waals surface area contributed by atoms with E-state index in [1.54, 1.807) is 12.1 Å². The fourth-order valence-electron chi connectivity index (χ4n) is 6.67. The van der Waals surface area contributed by atoms with Crippen LogP contribution in [-0.2, 0) is 4.79 Å². The molecular formula is C24H29O3+. The van der Waals surface area contributed by atoms with Crippen LogP contribution in [0.3, 0.4) is 0 Å². The third-order valence-corrected chi connectivity index (χ3v) is 7.58. The first-order valence-electron chi connectivity index (χ1n) is 10.8. The van der Waals surface area contributed by atoms with Crippen LogP contribution in [-0.4, -0.2) is 11.8 Å². The zero-order valence-electron chi connectivity index (χ0n) is 16.0. The first-order valence-corrected chi connectivity index (χ1v) is 10.8. The second-order valence-corrected chi connectivity index (χ2v) is 9.67. The van der Waals surface area contributed by atoms with Gasteiger partial charge in [0.25, 0.3) is 0 Å². The van der Waals surface area contributed by atoms with E-state index in [0.29, 0.717) is 12.2 Å². The summed E-state index contributed by atoms with van der Waals surface area (Å²) >= 11 is 0. The molecule has 0 heterocycles. The Balaban J connectivity index is 1.23. The molecule has 3 heteroatoms. The third-order valence-electron chi connectivity index (χ3n) is 7.58. The van der Waals surface area contributed by atoms with Crippen LogP contribution in [0.5, 0.6) is 5.75 Å². The number of ketones is 1. The molecule has 0 unspecified atom stereocenters. The second kappa shape index (κ2) is 6.68. The molecule has 5 aliphatic rings. The van der Waals surface area contributed by atoms with Gasteiger partial charge in [0, 0.05) is 5.56 Å². The molecule has 0 amide bonds. The highest BCUT2D eigenvalue weighted by molar-refractivity contribution is 5.97. The molecule has 3 nitrogen and oxygen atoms in total. The van der Waals surface area contributed by atoms with Gasteiger partial charge in [-0.2, -0.15) is 0 Å². The van der Waals surface area contributed by atoms with Gasteiger partial charge in [0.1, 0.15) is 5.75 Å². The van der Waals surface area contributed by atoms with E-state index in [9.17, 15) is 9.59 Å².